The molecule has 2 heterocycles. The Morgan fingerprint density at radius 1 is 1.20 bits per heavy atom. The van der Waals surface area contributed by atoms with Crippen molar-refractivity contribution in [2.45, 2.75) is 0 Å². The van der Waals surface area contributed by atoms with Gasteiger partial charge in [0.2, 0.25) is 5.82 Å². The number of ether oxygens (including phenoxy) is 1. The lowest BCUT2D eigenvalue weighted by atomic mass is 10.3. The van der Waals surface area contributed by atoms with Gasteiger partial charge in [0.1, 0.15) is 12.4 Å². The number of nitrogens with zero attached hydrogens (tertiary/aromatic N) is 5. The van der Waals surface area contributed by atoms with Crippen LogP contribution in [0.2, 0.25) is 5.15 Å². The van der Waals surface area contributed by atoms with Crippen LogP contribution in [0, 0.1) is 0 Å². The maximum absolute atomic E-state index is 12.2. The van der Waals surface area contributed by atoms with Gasteiger partial charge in [0.25, 0.3) is 5.91 Å². The Bertz CT molecular complexity index is 856. The van der Waals surface area contributed by atoms with Crippen molar-refractivity contribution in [1.29, 1.82) is 0 Å². The summed E-state index contributed by atoms with van der Waals surface area (Å²) < 4.78 is 5.49. The van der Waals surface area contributed by atoms with Crippen molar-refractivity contribution in [3.8, 4) is 11.6 Å². The average molecular weight is 360 g/mol. The van der Waals surface area contributed by atoms with E-state index in [4.69, 9.17) is 22.1 Å². The lowest BCUT2D eigenvalue weighted by Crippen LogP contribution is -2.30. The predicted molar refractivity (Wildman–Crippen MR) is 90.6 cm³/mol. The van der Waals surface area contributed by atoms with E-state index in [1.54, 1.807) is 0 Å². The van der Waals surface area contributed by atoms with Crippen molar-refractivity contribution in [3.05, 3.63) is 53.6 Å². The number of carbonyl (C=O) groups is 1. The smallest absolute Gasteiger partial charge is 0.273 e. The number of nitrogens with one attached hydrogen (secondary N) is 1. The number of halogens is 1. The molecule has 0 atom stereocenters. The standard InChI is InChI=1S/C15H14ClN7O2/c16-12-14(23-19-6-7-20-23)22-13(17)11(21-12)15(24)18-8-9-25-10-4-2-1-3-5-10/h1-7H,8-9H2,(H2,17,22)(H,18,24). The number of amides is 1. The Labute approximate surface area is 147 Å². The van der Waals surface area contributed by atoms with Gasteiger partial charge in [-0.05, 0) is 12.1 Å². The molecule has 0 radical (unpaired) electrons. The fourth-order valence-corrected chi connectivity index (χ4v) is 2.17. The molecular weight excluding hydrogens is 346 g/mol. The van der Waals surface area contributed by atoms with Gasteiger partial charge in [-0.2, -0.15) is 10.2 Å². The fraction of sp³-hybridized carbons (Fsp3) is 0.133. The SMILES string of the molecule is Nc1nc(-n2nccn2)c(Cl)nc1C(=O)NCCOc1ccccc1. The van der Waals surface area contributed by atoms with Crippen molar-refractivity contribution < 1.29 is 9.53 Å². The van der Waals surface area contributed by atoms with Crippen LogP contribution in [0.1, 0.15) is 10.5 Å². The zero-order chi connectivity index (χ0) is 17.6. The monoisotopic (exact) mass is 359 g/mol. The Morgan fingerprint density at radius 3 is 2.64 bits per heavy atom. The normalized spacial score (nSPS) is 10.4. The van der Waals surface area contributed by atoms with E-state index in [2.05, 4.69) is 25.5 Å². The van der Waals surface area contributed by atoms with Gasteiger partial charge in [-0.3, -0.25) is 4.79 Å². The van der Waals surface area contributed by atoms with Crippen molar-refractivity contribution in [1.82, 2.24) is 30.3 Å². The quantitative estimate of drug-likeness (QED) is 0.632. The third-order valence-electron chi connectivity index (χ3n) is 3.09. The lowest BCUT2D eigenvalue weighted by molar-refractivity contribution is 0.0942. The lowest BCUT2D eigenvalue weighted by Gasteiger charge is -2.09. The zero-order valence-electron chi connectivity index (χ0n) is 13.0. The second-order valence-electron chi connectivity index (χ2n) is 4.81. The topological polar surface area (TPSA) is 121 Å². The van der Waals surface area contributed by atoms with Gasteiger partial charge in [-0.15, -0.1) is 4.80 Å². The van der Waals surface area contributed by atoms with Gasteiger partial charge in [0, 0.05) is 0 Å². The number of carbonyl (C=O) groups excluding carboxylic acids is 1. The first kappa shape index (κ1) is 16.7. The van der Waals surface area contributed by atoms with Gasteiger partial charge >= 0.3 is 0 Å². The highest BCUT2D eigenvalue weighted by Gasteiger charge is 2.18. The number of rotatable bonds is 6. The number of aromatic nitrogens is 5. The number of nitrogens with two attached hydrogens (primary N) is 1. The summed E-state index contributed by atoms with van der Waals surface area (Å²) in [6.07, 6.45) is 2.92. The van der Waals surface area contributed by atoms with Gasteiger partial charge in [-0.25, -0.2) is 9.97 Å². The van der Waals surface area contributed by atoms with E-state index in [0.29, 0.717) is 6.61 Å². The molecule has 3 N–H and O–H groups in total. The summed E-state index contributed by atoms with van der Waals surface area (Å²) in [5.41, 5.74) is 5.73. The summed E-state index contributed by atoms with van der Waals surface area (Å²) >= 11 is 6.04. The summed E-state index contributed by atoms with van der Waals surface area (Å²) in [6.45, 7) is 0.570. The molecule has 0 bridgehead atoms. The highest BCUT2D eigenvalue weighted by Crippen LogP contribution is 2.18. The maximum atomic E-state index is 12.2. The summed E-state index contributed by atoms with van der Waals surface area (Å²) in [5.74, 6) is 0.296. The maximum Gasteiger partial charge on any atom is 0.273 e. The van der Waals surface area contributed by atoms with Crippen LogP contribution in [-0.4, -0.2) is 44.0 Å². The first-order chi connectivity index (χ1) is 12.1. The zero-order valence-corrected chi connectivity index (χ0v) is 13.7. The second kappa shape index (κ2) is 7.58. The molecule has 10 heteroatoms. The number of hydrogen-bond donors (Lipinski definition) is 2. The van der Waals surface area contributed by atoms with Gasteiger partial charge in [0.05, 0.1) is 18.9 Å². The molecule has 0 aliphatic heterocycles. The fourth-order valence-electron chi connectivity index (χ4n) is 1.97. The second-order valence-corrected chi connectivity index (χ2v) is 5.17. The highest BCUT2D eigenvalue weighted by molar-refractivity contribution is 6.31. The average Bonchev–Trinajstić information content (AvgIpc) is 3.15. The molecule has 0 aliphatic carbocycles. The molecule has 0 spiro atoms. The van der Waals surface area contributed by atoms with Crippen LogP contribution in [0.3, 0.4) is 0 Å². The molecular formula is C15H14ClN7O2. The summed E-state index contributed by atoms with van der Waals surface area (Å²) in [5, 5.41) is 10.4. The van der Waals surface area contributed by atoms with Crippen LogP contribution in [0.25, 0.3) is 5.82 Å². The van der Waals surface area contributed by atoms with E-state index >= 15 is 0 Å². The van der Waals surface area contributed by atoms with Crippen molar-refractivity contribution >= 4 is 23.3 Å². The number of nitrogen functional groups attached to an aromatic ring is 1. The molecule has 1 aromatic carbocycles. The molecule has 3 aromatic rings. The van der Waals surface area contributed by atoms with Crippen molar-refractivity contribution in [3.63, 3.8) is 0 Å². The number of anilines is 1. The van der Waals surface area contributed by atoms with E-state index in [-0.39, 0.29) is 29.0 Å². The molecule has 2 aromatic heterocycles. The van der Waals surface area contributed by atoms with Crippen LogP contribution < -0.4 is 15.8 Å². The molecule has 0 unspecified atom stereocenters. The van der Waals surface area contributed by atoms with Crippen LogP contribution in [0.5, 0.6) is 5.75 Å². The number of hydrogen-bond acceptors (Lipinski definition) is 7. The van der Waals surface area contributed by atoms with Gasteiger partial charge in [-0.1, -0.05) is 29.8 Å². The molecule has 3 rings (SSSR count). The van der Waals surface area contributed by atoms with E-state index in [1.165, 1.54) is 17.2 Å². The van der Waals surface area contributed by atoms with E-state index < -0.39 is 5.91 Å². The minimum absolute atomic E-state index is 0.0314. The van der Waals surface area contributed by atoms with Gasteiger partial charge in [0.15, 0.2) is 16.7 Å². The molecule has 0 fully saturated rings. The Hall–Kier alpha value is -3.20. The Balaban J connectivity index is 1.61. The van der Waals surface area contributed by atoms with Crippen LogP contribution in [0.15, 0.2) is 42.7 Å². The van der Waals surface area contributed by atoms with Crippen molar-refractivity contribution in [2.24, 2.45) is 0 Å². The third kappa shape index (κ3) is 4.01. The highest BCUT2D eigenvalue weighted by atomic mass is 35.5. The molecule has 0 aliphatic rings. The molecule has 0 saturated carbocycles. The first-order valence-electron chi connectivity index (χ1n) is 7.31. The van der Waals surface area contributed by atoms with E-state index in [9.17, 15) is 4.79 Å². The van der Waals surface area contributed by atoms with E-state index in [0.717, 1.165) is 5.75 Å². The van der Waals surface area contributed by atoms with Crippen LogP contribution >= 0.6 is 11.6 Å². The van der Waals surface area contributed by atoms with Gasteiger partial charge < -0.3 is 15.8 Å². The molecule has 9 nitrogen and oxygen atoms in total. The summed E-state index contributed by atoms with van der Waals surface area (Å²) in [6, 6.07) is 9.27. The summed E-state index contributed by atoms with van der Waals surface area (Å²) in [4.78, 5) is 21.4. The predicted octanol–water partition coefficient (Wildman–Crippen LogP) is 1.10. The molecule has 1 amide bonds. The minimum Gasteiger partial charge on any atom is -0.492 e. The van der Waals surface area contributed by atoms with Crippen molar-refractivity contribution in [2.75, 3.05) is 18.9 Å². The van der Waals surface area contributed by atoms with E-state index in [1.807, 2.05) is 30.3 Å². The van der Waals surface area contributed by atoms with Crippen LogP contribution in [-0.2, 0) is 0 Å². The molecule has 25 heavy (non-hydrogen) atoms. The number of benzene rings is 1. The third-order valence-corrected chi connectivity index (χ3v) is 3.34. The Morgan fingerprint density at radius 2 is 1.92 bits per heavy atom. The first-order valence-corrected chi connectivity index (χ1v) is 7.68. The number of para-hydroxylation sites is 1. The largest absolute Gasteiger partial charge is 0.492 e. The molecule has 0 saturated heterocycles. The Kier molecular flexibility index (Phi) is 5.05. The minimum atomic E-state index is -0.497. The summed E-state index contributed by atoms with van der Waals surface area (Å²) in [7, 11) is 0. The van der Waals surface area contributed by atoms with Crippen LogP contribution in [0.4, 0.5) is 5.82 Å². The molecule has 128 valence electrons.